The molecule has 1 aromatic heterocycles. The van der Waals surface area contributed by atoms with E-state index in [2.05, 4.69) is 16.8 Å². The lowest BCUT2D eigenvalue weighted by molar-refractivity contribution is 0.0151. The first-order chi connectivity index (χ1) is 11.9. The molecule has 2 N–H and O–H groups in total. The zero-order valence-electron chi connectivity index (χ0n) is 15.5. The molecule has 2 saturated heterocycles. The fourth-order valence-electron chi connectivity index (χ4n) is 4.74. The third-order valence-corrected chi connectivity index (χ3v) is 6.00. The molecule has 3 heterocycles. The number of carboxylic acid groups (broad SMARTS) is 1. The molecule has 0 aromatic carbocycles. The fraction of sp³-hybridized carbons (Fsp3) is 0.684. The van der Waals surface area contributed by atoms with E-state index < -0.39 is 5.97 Å². The van der Waals surface area contributed by atoms with Gasteiger partial charge in [-0.25, -0.2) is 4.79 Å². The Morgan fingerprint density at radius 3 is 2.44 bits per heavy atom. The third kappa shape index (κ3) is 3.32. The molecule has 25 heavy (non-hydrogen) atoms. The lowest BCUT2D eigenvalue weighted by Gasteiger charge is -2.48. The quantitative estimate of drug-likeness (QED) is 0.881. The summed E-state index contributed by atoms with van der Waals surface area (Å²) in [7, 11) is 0. The molecule has 0 radical (unpaired) electrons. The van der Waals surface area contributed by atoms with Crippen LogP contribution in [-0.2, 0) is 0 Å². The Bertz CT molecular complexity index is 678. The van der Waals surface area contributed by atoms with Crippen LogP contribution in [0.25, 0.3) is 0 Å². The Kier molecular flexibility index (Phi) is 4.91. The van der Waals surface area contributed by atoms with Crippen LogP contribution in [0.1, 0.15) is 64.7 Å². The molecule has 1 amide bonds. The predicted molar refractivity (Wildman–Crippen MR) is 96.1 cm³/mol. The number of carboxylic acids is 1. The molecule has 0 unspecified atom stereocenters. The molecule has 6 nitrogen and oxygen atoms in total. The van der Waals surface area contributed by atoms with Gasteiger partial charge in [-0.2, -0.15) is 0 Å². The van der Waals surface area contributed by atoms with Gasteiger partial charge in [-0.05, 0) is 58.2 Å². The number of carbonyl (C=O) groups is 2. The number of piperidine rings is 2. The van der Waals surface area contributed by atoms with Crippen molar-refractivity contribution in [1.29, 1.82) is 0 Å². The van der Waals surface area contributed by atoms with Crippen molar-refractivity contribution in [3.05, 3.63) is 22.5 Å². The highest BCUT2D eigenvalue weighted by molar-refractivity contribution is 6.00. The summed E-state index contributed by atoms with van der Waals surface area (Å²) in [6.45, 7) is 10.5. The summed E-state index contributed by atoms with van der Waals surface area (Å²) >= 11 is 0. The number of aryl methyl sites for hydroxylation is 1. The van der Waals surface area contributed by atoms with Gasteiger partial charge in [0, 0.05) is 30.7 Å². The van der Waals surface area contributed by atoms with E-state index in [9.17, 15) is 14.7 Å². The van der Waals surface area contributed by atoms with E-state index in [1.807, 2.05) is 4.90 Å². The molecule has 2 aliphatic heterocycles. The number of nitrogens with one attached hydrogen (secondary N) is 1. The van der Waals surface area contributed by atoms with E-state index in [0.29, 0.717) is 16.8 Å². The van der Waals surface area contributed by atoms with Gasteiger partial charge in [0.15, 0.2) is 0 Å². The van der Waals surface area contributed by atoms with Gasteiger partial charge >= 0.3 is 5.97 Å². The summed E-state index contributed by atoms with van der Waals surface area (Å²) < 4.78 is 0. The Labute approximate surface area is 149 Å². The maximum Gasteiger partial charge on any atom is 0.352 e. The number of rotatable bonds is 3. The molecule has 1 spiro atoms. The minimum Gasteiger partial charge on any atom is -0.477 e. The van der Waals surface area contributed by atoms with E-state index in [-0.39, 0.29) is 17.0 Å². The Morgan fingerprint density at radius 2 is 1.84 bits per heavy atom. The molecule has 0 bridgehead atoms. The fourth-order valence-corrected chi connectivity index (χ4v) is 4.74. The Morgan fingerprint density at radius 1 is 1.16 bits per heavy atom. The summed E-state index contributed by atoms with van der Waals surface area (Å²) in [6.07, 6.45) is 4.58. The van der Waals surface area contributed by atoms with Gasteiger partial charge in [0.2, 0.25) is 0 Å². The zero-order chi connectivity index (χ0) is 18.2. The van der Waals surface area contributed by atoms with Crippen LogP contribution in [0, 0.1) is 19.3 Å². The number of aromatic nitrogens is 1. The minimum atomic E-state index is -1.01. The Balaban J connectivity index is 1.82. The standard InChI is InChI=1S/C19H29N3O3/c1-4-21-9-5-7-19(11-21)8-6-10-22(12-19)17(23)15-13(2)16(18(24)25)20-14(15)3/h20H,4-12H2,1-3H3,(H,24,25)/t19-/m0/s1. The predicted octanol–water partition coefficient (Wildman–Crippen LogP) is 2.67. The van der Waals surface area contributed by atoms with Gasteiger partial charge in [-0.1, -0.05) is 6.92 Å². The van der Waals surface area contributed by atoms with Crippen LogP contribution in [0.2, 0.25) is 0 Å². The van der Waals surface area contributed by atoms with Crippen molar-refractivity contribution >= 4 is 11.9 Å². The van der Waals surface area contributed by atoms with Crippen LogP contribution in [0.15, 0.2) is 0 Å². The van der Waals surface area contributed by atoms with E-state index in [1.54, 1.807) is 13.8 Å². The number of likely N-dealkylation sites (tertiary alicyclic amines) is 2. The molecule has 138 valence electrons. The zero-order valence-corrected chi connectivity index (χ0v) is 15.5. The number of H-pyrrole nitrogens is 1. The monoisotopic (exact) mass is 347 g/mol. The van der Waals surface area contributed by atoms with Crippen LogP contribution in [0.5, 0.6) is 0 Å². The normalized spacial score (nSPS) is 24.7. The van der Waals surface area contributed by atoms with Crippen LogP contribution >= 0.6 is 0 Å². The first-order valence-corrected chi connectivity index (χ1v) is 9.31. The molecule has 3 rings (SSSR count). The smallest absolute Gasteiger partial charge is 0.352 e. The average Bonchev–Trinajstić information content (AvgIpc) is 2.89. The first kappa shape index (κ1) is 18.0. The van der Waals surface area contributed by atoms with Crippen LogP contribution in [0.4, 0.5) is 0 Å². The van der Waals surface area contributed by atoms with Gasteiger partial charge in [0.25, 0.3) is 5.91 Å². The second kappa shape index (κ2) is 6.83. The third-order valence-electron chi connectivity index (χ3n) is 6.00. The topological polar surface area (TPSA) is 76.6 Å². The number of aromatic carboxylic acids is 1. The van der Waals surface area contributed by atoms with E-state index in [4.69, 9.17) is 0 Å². The second-order valence-electron chi connectivity index (χ2n) is 7.73. The van der Waals surface area contributed by atoms with Gasteiger partial charge < -0.3 is 19.9 Å². The van der Waals surface area contributed by atoms with Gasteiger partial charge in [-0.15, -0.1) is 0 Å². The van der Waals surface area contributed by atoms with E-state index in [1.165, 1.54) is 19.3 Å². The average molecular weight is 347 g/mol. The highest BCUT2D eigenvalue weighted by atomic mass is 16.4. The highest BCUT2D eigenvalue weighted by Gasteiger charge is 2.40. The minimum absolute atomic E-state index is 0.0218. The number of amides is 1. The van der Waals surface area contributed by atoms with Gasteiger partial charge in [0.1, 0.15) is 5.69 Å². The summed E-state index contributed by atoms with van der Waals surface area (Å²) in [6, 6.07) is 0. The highest BCUT2D eigenvalue weighted by Crippen LogP contribution is 2.39. The van der Waals surface area contributed by atoms with Crippen molar-refractivity contribution in [3.63, 3.8) is 0 Å². The molecule has 6 heteroatoms. The summed E-state index contributed by atoms with van der Waals surface area (Å²) in [5.74, 6) is -1.04. The van der Waals surface area contributed by atoms with Crippen molar-refractivity contribution in [3.8, 4) is 0 Å². The van der Waals surface area contributed by atoms with Gasteiger partial charge in [0.05, 0.1) is 5.56 Å². The van der Waals surface area contributed by atoms with Crippen molar-refractivity contribution in [2.45, 2.75) is 46.5 Å². The molecule has 1 atom stereocenters. The SMILES string of the molecule is CCN1CCC[C@]2(CCCN(C(=O)c3c(C)[nH]c(C(=O)O)c3C)C2)C1. The van der Waals surface area contributed by atoms with E-state index >= 15 is 0 Å². The molecule has 0 aliphatic carbocycles. The van der Waals surface area contributed by atoms with Crippen molar-refractivity contribution in [2.24, 2.45) is 5.41 Å². The number of hydrogen-bond donors (Lipinski definition) is 2. The summed E-state index contributed by atoms with van der Waals surface area (Å²) in [4.78, 5) is 31.8. The maximum atomic E-state index is 13.2. The van der Waals surface area contributed by atoms with Crippen molar-refractivity contribution in [1.82, 2.24) is 14.8 Å². The van der Waals surface area contributed by atoms with Crippen LogP contribution < -0.4 is 0 Å². The lowest BCUT2D eigenvalue weighted by atomic mass is 9.73. The molecule has 2 fully saturated rings. The number of hydrogen-bond acceptors (Lipinski definition) is 3. The first-order valence-electron chi connectivity index (χ1n) is 9.31. The Hall–Kier alpha value is -1.82. The molecule has 2 aliphatic rings. The van der Waals surface area contributed by atoms with Crippen molar-refractivity contribution in [2.75, 3.05) is 32.7 Å². The number of aromatic amines is 1. The van der Waals surface area contributed by atoms with Gasteiger partial charge in [-0.3, -0.25) is 4.79 Å². The van der Waals surface area contributed by atoms with Crippen LogP contribution in [0.3, 0.4) is 0 Å². The summed E-state index contributed by atoms with van der Waals surface area (Å²) in [5, 5.41) is 9.29. The number of nitrogens with zero attached hydrogens (tertiary/aromatic N) is 2. The molecule has 1 aromatic rings. The molecular formula is C19H29N3O3. The van der Waals surface area contributed by atoms with Crippen LogP contribution in [-0.4, -0.2) is 64.5 Å². The number of carbonyl (C=O) groups excluding carboxylic acids is 1. The van der Waals surface area contributed by atoms with E-state index in [0.717, 1.165) is 39.1 Å². The molecule has 0 saturated carbocycles. The van der Waals surface area contributed by atoms with Crippen molar-refractivity contribution < 1.29 is 14.7 Å². The maximum absolute atomic E-state index is 13.2. The molecular weight excluding hydrogens is 318 g/mol. The second-order valence-corrected chi connectivity index (χ2v) is 7.73. The lowest BCUT2D eigenvalue weighted by Crippen LogP contribution is -2.53. The largest absolute Gasteiger partial charge is 0.477 e. The summed E-state index contributed by atoms with van der Waals surface area (Å²) in [5.41, 5.74) is 2.07.